The van der Waals surface area contributed by atoms with Gasteiger partial charge in [0.2, 0.25) is 5.16 Å². The maximum Gasteiger partial charge on any atom is 0.214 e. The van der Waals surface area contributed by atoms with Gasteiger partial charge < -0.3 is 4.98 Å². The molecule has 0 bridgehead atoms. The molecule has 4 rings (SSSR count). The highest BCUT2D eigenvalue weighted by atomic mass is 32.2. The van der Waals surface area contributed by atoms with Crippen LogP contribution < -0.4 is 0 Å². The summed E-state index contributed by atoms with van der Waals surface area (Å²) in [5.41, 5.74) is 5.78. The average Bonchev–Trinajstić information content (AvgIpc) is 3.24. The van der Waals surface area contributed by atoms with Crippen molar-refractivity contribution < 1.29 is 4.79 Å². The van der Waals surface area contributed by atoms with Crippen LogP contribution in [-0.2, 0) is 0 Å². The van der Waals surface area contributed by atoms with Crippen LogP contribution in [0.3, 0.4) is 0 Å². The lowest BCUT2D eigenvalue weighted by Gasteiger charge is -2.12. The number of nitrogens with one attached hydrogen (secondary N) is 1. The van der Waals surface area contributed by atoms with E-state index in [1.807, 2.05) is 57.2 Å². The molecule has 2 heterocycles. The van der Waals surface area contributed by atoms with Crippen LogP contribution >= 0.6 is 11.8 Å². The zero-order valence-electron chi connectivity index (χ0n) is 16.2. The minimum Gasteiger partial charge on any atom is -0.358 e. The summed E-state index contributed by atoms with van der Waals surface area (Å²) < 4.78 is 1.70. The van der Waals surface area contributed by atoms with Crippen molar-refractivity contribution >= 4 is 28.4 Å². The number of nitrogens with zero attached hydrogens (tertiary/aromatic N) is 4. The Morgan fingerprint density at radius 2 is 1.93 bits per heavy atom. The van der Waals surface area contributed by atoms with Crippen LogP contribution in [0.25, 0.3) is 16.6 Å². The lowest BCUT2D eigenvalue weighted by molar-refractivity contribution is 0.0995. The Morgan fingerprint density at radius 3 is 2.71 bits per heavy atom. The molecule has 0 spiro atoms. The first kappa shape index (κ1) is 18.4. The number of rotatable bonds is 5. The van der Waals surface area contributed by atoms with E-state index in [1.54, 1.807) is 4.68 Å². The van der Waals surface area contributed by atoms with Crippen LogP contribution in [0.2, 0.25) is 0 Å². The van der Waals surface area contributed by atoms with Crippen LogP contribution in [0.5, 0.6) is 0 Å². The quantitative estimate of drug-likeness (QED) is 0.402. The first-order valence-corrected chi connectivity index (χ1v) is 9.98. The third-order valence-electron chi connectivity index (χ3n) is 4.81. The number of hydrogen-bond donors (Lipinski definition) is 1. The van der Waals surface area contributed by atoms with Gasteiger partial charge >= 0.3 is 0 Å². The molecule has 1 unspecified atom stereocenters. The number of thioether (sulfide) groups is 1. The number of fused-ring (bicyclic) bond motifs is 1. The van der Waals surface area contributed by atoms with E-state index in [-0.39, 0.29) is 11.0 Å². The molecule has 0 fully saturated rings. The van der Waals surface area contributed by atoms with Crippen LogP contribution in [0, 0.1) is 20.8 Å². The van der Waals surface area contributed by atoms with Gasteiger partial charge in [0.1, 0.15) is 0 Å². The fourth-order valence-electron chi connectivity index (χ4n) is 3.46. The van der Waals surface area contributed by atoms with E-state index in [4.69, 9.17) is 0 Å². The smallest absolute Gasteiger partial charge is 0.214 e. The highest BCUT2D eigenvalue weighted by molar-refractivity contribution is 8.00. The monoisotopic (exact) mass is 391 g/mol. The third-order valence-corrected chi connectivity index (χ3v) is 5.85. The number of aryl methyl sites for hydroxylation is 3. The molecule has 1 N–H and O–H groups in total. The average molecular weight is 392 g/mol. The van der Waals surface area contributed by atoms with Gasteiger partial charge in [-0.1, -0.05) is 47.7 Å². The Kier molecular flexibility index (Phi) is 4.77. The van der Waals surface area contributed by atoms with Gasteiger partial charge in [-0.3, -0.25) is 4.79 Å². The molecule has 0 amide bonds. The summed E-state index contributed by atoms with van der Waals surface area (Å²) in [6.45, 7) is 7.91. The number of tetrazole rings is 1. The SMILES string of the molecule is Cc1ccc(-n2nnnc2SC(C)C(=O)c2c(C)[nH]c3ccccc23)c(C)c1. The van der Waals surface area contributed by atoms with Crippen molar-refractivity contribution in [3.05, 3.63) is 64.8 Å². The lowest BCUT2D eigenvalue weighted by atomic mass is 10.1. The largest absolute Gasteiger partial charge is 0.358 e. The first-order valence-electron chi connectivity index (χ1n) is 9.10. The molecular weight excluding hydrogens is 370 g/mol. The predicted octanol–water partition coefficient (Wildman–Crippen LogP) is 4.43. The summed E-state index contributed by atoms with van der Waals surface area (Å²) in [6, 6.07) is 14.0. The van der Waals surface area contributed by atoms with E-state index in [1.165, 1.54) is 17.3 Å². The Labute approximate surface area is 167 Å². The number of para-hydroxylation sites is 1. The second kappa shape index (κ2) is 7.24. The van der Waals surface area contributed by atoms with Gasteiger partial charge in [-0.15, -0.1) is 5.10 Å². The number of aromatic amines is 1. The highest BCUT2D eigenvalue weighted by Crippen LogP contribution is 2.30. The van der Waals surface area contributed by atoms with Gasteiger partial charge in [0.25, 0.3) is 0 Å². The Hall–Kier alpha value is -2.93. The van der Waals surface area contributed by atoms with Crippen molar-refractivity contribution in [2.24, 2.45) is 0 Å². The van der Waals surface area contributed by atoms with Gasteiger partial charge in [0.15, 0.2) is 5.78 Å². The minimum atomic E-state index is -0.326. The maximum absolute atomic E-state index is 13.2. The van der Waals surface area contributed by atoms with Crippen LogP contribution in [-0.4, -0.2) is 36.2 Å². The van der Waals surface area contributed by atoms with Crippen molar-refractivity contribution in [3.8, 4) is 5.69 Å². The number of benzene rings is 2. The van der Waals surface area contributed by atoms with E-state index in [2.05, 4.69) is 33.5 Å². The van der Waals surface area contributed by atoms with E-state index >= 15 is 0 Å². The standard InChI is InChI=1S/C21H21N5OS/c1-12-9-10-18(13(2)11-12)26-21(23-24-25-26)28-15(4)20(27)19-14(3)22-17-8-6-5-7-16(17)19/h5-11,15,22H,1-4H3. The minimum absolute atomic E-state index is 0.0649. The molecule has 7 heteroatoms. The fraction of sp³-hybridized carbons (Fsp3) is 0.238. The number of carbonyl (C=O) groups is 1. The normalized spacial score (nSPS) is 12.4. The maximum atomic E-state index is 13.2. The van der Waals surface area contributed by atoms with Crippen molar-refractivity contribution in [1.82, 2.24) is 25.2 Å². The Morgan fingerprint density at radius 1 is 1.14 bits per heavy atom. The molecule has 6 nitrogen and oxygen atoms in total. The van der Waals surface area contributed by atoms with Crippen molar-refractivity contribution in [2.75, 3.05) is 0 Å². The molecular formula is C21H21N5OS. The molecule has 0 radical (unpaired) electrons. The van der Waals surface area contributed by atoms with E-state index < -0.39 is 0 Å². The van der Waals surface area contributed by atoms with E-state index in [9.17, 15) is 4.79 Å². The van der Waals surface area contributed by atoms with Crippen molar-refractivity contribution in [2.45, 2.75) is 38.1 Å². The summed E-state index contributed by atoms with van der Waals surface area (Å²) in [5, 5.41) is 13.3. The van der Waals surface area contributed by atoms with Crippen LogP contribution in [0.4, 0.5) is 0 Å². The topological polar surface area (TPSA) is 76.5 Å². The first-order chi connectivity index (χ1) is 13.5. The second-order valence-electron chi connectivity index (χ2n) is 6.96. The molecule has 2 aromatic carbocycles. The number of ketones is 1. The highest BCUT2D eigenvalue weighted by Gasteiger charge is 2.24. The molecule has 1 atom stereocenters. The molecule has 28 heavy (non-hydrogen) atoms. The molecule has 0 saturated carbocycles. The Bertz CT molecular complexity index is 1180. The van der Waals surface area contributed by atoms with Gasteiger partial charge in [-0.2, -0.15) is 4.68 Å². The number of H-pyrrole nitrogens is 1. The molecule has 0 aliphatic carbocycles. The second-order valence-corrected chi connectivity index (χ2v) is 8.27. The van der Waals surface area contributed by atoms with Crippen LogP contribution in [0.1, 0.15) is 34.1 Å². The molecule has 0 aliphatic heterocycles. The molecule has 142 valence electrons. The van der Waals surface area contributed by atoms with E-state index in [0.717, 1.165) is 33.4 Å². The van der Waals surface area contributed by atoms with Gasteiger partial charge in [0.05, 0.1) is 10.9 Å². The zero-order valence-corrected chi connectivity index (χ0v) is 17.0. The van der Waals surface area contributed by atoms with Crippen LogP contribution in [0.15, 0.2) is 47.6 Å². The Balaban J connectivity index is 1.64. The van der Waals surface area contributed by atoms with Crippen molar-refractivity contribution in [3.63, 3.8) is 0 Å². The third kappa shape index (κ3) is 3.22. The number of carbonyl (C=O) groups excluding carboxylic acids is 1. The van der Waals surface area contributed by atoms with Gasteiger partial charge in [-0.25, -0.2) is 0 Å². The van der Waals surface area contributed by atoms with Crippen molar-refractivity contribution in [1.29, 1.82) is 0 Å². The summed E-state index contributed by atoms with van der Waals surface area (Å²) in [7, 11) is 0. The molecule has 0 aliphatic rings. The summed E-state index contributed by atoms with van der Waals surface area (Å²) >= 11 is 1.37. The number of aromatic nitrogens is 5. The summed E-state index contributed by atoms with van der Waals surface area (Å²) in [4.78, 5) is 16.5. The number of Topliss-reactive ketones (excluding diaryl/α,β-unsaturated/α-hetero) is 1. The number of hydrogen-bond acceptors (Lipinski definition) is 5. The van der Waals surface area contributed by atoms with Gasteiger partial charge in [-0.05, 0) is 55.8 Å². The fourth-order valence-corrected chi connectivity index (χ4v) is 4.32. The lowest BCUT2D eigenvalue weighted by Crippen LogP contribution is -2.15. The van der Waals surface area contributed by atoms with E-state index in [0.29, 0.717) is 5.16 Å². The zero-order chi connectivity index (χ0) is 19.8. The van der Waals surface area contributed by atoms with Gasteiger partial charge in [0, 0.05) is 22.2 Å². The summed E-state index contributed by atoms with van der Waals surface area (Å²) in [5.74, 6) is 0.0649. The predicted molar refractivity (Wildman–Crippen MR) is 111 cm³/mol. The molecule has 4 aromatic rings. The molecule has 2 aromatic heterocycles. The molecule has 0 saturated heterocycles. The summed E-state index contributed by atoms with van der Waals surface area (Å²) in [6.07, 6.45) is 0.